The van der Waals surface area contributed by atoms with Crippen LogP contribution >= 0.6 is 15.9 Å². The Morgan fingerprint density at radius 2 is 1.66 bits per heavy atom. The number of carbonyl (C=O) groups excluding carboxylic acids is 1. The van der Waals surface area contributed by atoms with Gasteiger partial charge >= 0.3 is 0 Å². The Hall–Kier alpha value is -2.05. The molecule has 3 rings (SSSR count). The summed E-state index contributed by atoms with van der Waals surface area (Å²) >= 11 is 3.52. The minimum atomic E-state index is -0.0225. The van der Waals surface area contributed by atoms with Crippen molar-refractivity contribution in [2.24, 2.45) is 0 Å². The normalized spacial score (nSPS) is 14.4. The second-order valence-corrected chi connectivity index (χ2v) is 8.21. The zero-order valence-corrected chi connectivity index (χ0v) is 18.8. The summed E-state index contributed by atoms with van der Waals surface area (Å²) in [7, 11) is 3.19. The van der Waals surface area contributed by atoms with E-state index in [1.54, 1.807) is 14.2 Å². The molecular weight excluding hydrogens is 432 g/mol. The molecule has 0 spiro atoms. The number of likely N-dealkylation sites (tertiary alicyclic amines) is 1. The van der Waals surface area contributed by atoms with E-state index < -0.39 is 0 Å². The first-order chi connectivity index (χ1) is 14.1. The average Bonchev–Trinajstić information content (AvgIpc) is 2.75. The van der Waals surface area contributed by atoms with Crippen LogP contribution in [0.25, 0.3) is 0 Å². The Morgan fingerprint density at radius 3 is 2.34 bits per heavy atom. The monoisotopic (exact) mass is 460 g/mol. The van der Waals surface area contributed by atoms with Crippen LogP contribution in [-0.2, 0) is 24.3 Å². The SMILES string of the molecule is COc1cc(Br)c(CC(=O)NCc2ccccc2CN2CCCCC2)cc1OC. The number of rotatable bonds is 8. The zero-order chi connectivity index (χ0) is 20.6. The molecule has 2 aromatic rings. The van der Waals surface area contributed by atoms with Crippen molar-refractivity contribution in [3.8, 4) is 11.5 Å². The van der Waals surface area contributed by atoms with Crippen LogP contribution in [0.15, 0.2) is 40.9 Å². The molecule has 1 amide bonds. The Labute approximate surface area is 181 Å². The van der Waals surface area contributed by atoms with E-state index in [9.17, 15) is 4.79 Å². The molecule has 0 radical (unpaired) electrons. The Balaban J connectivity index is 1.61. The van der Waals surface area contributed by atoms with Gasteiger partial charge in [0.15, 0.2) is 11.5 Å². The van der Waals surface area contributed by atoms with Crippen molar-refractivity contribution in [1.82, 2.24) is 10.2 Å². The largest absolute Gasteiger partial charge is 0.493 e. The van der Waals surface area contributed by atoms with Crippen LogP contribution < -0.4 is 14.8 Å². The lowest BCUT2D eigenvalue weighted by molar-refractivity contribution is -0.120. The molecule has 29 heavy (non-hydrogen) atoms. The first-order valence-corrected chi connectivity index (χ1v) is 10.9. The highest BCUT2D eigenvalue weighted by Crippen LogP contribution is 2.33. The van der Waals surface area contributed by atoms with E-state index in [1.165, 1.54) is 30.4 Å². The molecule has 1 saturated heterocycles. The minimum absolute atomic E-state index is 0.0225. The van der Waals surface area contributed by atoms with Gasteiger partial charge in [-0.05, 0) is 54.8 Å². The van der Waals surface area contributed by atoms with E-state index in [1.807, 2.05) is 18.2 Å². The summed E-state index contributed by atoms with van der Waals surface area (Å²) in [6.45, 7) is 3.81. The number of hydrogen-bond donors (Lipinski definition) is 1. The summed E-state index contributed by atoms with van der Waals surface area (Å²) in [5.41, 5.74) is 3.33. The van der Waals surface area contributed by atoms with Gasteiger partial charge in [0.2, 0.25) is 5.91 Å². The van der Waals surface area contributed by atoms with Gasteiger partial charge < -0.3 is 14.8 Å². The standard InChI is InChI=1S/C23H29BrN2O3/c1-28-21-12-19(20(24)14-22(21)29-2)13-23(27)25-15-17-8-4-5-9-18(17)16-26-10-6-3-7-11-26/h4-5,8-9,12,14H,3,6-7,10-11,13,15-16H2,1-2H3,(H,25,27). The molecular formula is C23H29BrN2O3. The molecule has 0 bridgehead atoms. The first kappa shape index (κ1) is 21.7. The first-order valence-electron chi connectivity index (χ1n) is 10.1. The zero-order valence-electron chi connectivity index (χ0n) is 17.2. The molecule has 0 aliphatic carbocycles. The van der Waals surface area contributed by atoms with Crippen molar-refractivity contribution in [1.29, 1.82) is 0 Å². The third kappa shape index (κ3) is 5.97. The molecule has 1 aliphatic rings. The highest BCUT2D eigenvalue weighted by Gasteiger charge is 2.15. The number of nitrogens with zero attached hydrogens (tertiary/aromatic N) is 1. The quantitative estimate of drug-likeness (QED) is 0.637. The van der Waals surface area contributed by atoms with Crippen molar-refractivity contribution in [2.75, 3.05) is 27.3 Å². The summed E-state index contributed by atoms with van der Waals surface area (Å²) in [6, 6.07) is 12.0. The van der Waals surface area contributed by atoms with E-state index >= 15 is 0 Å². The van der Waals surface area contributed by atoms with Crippen molar-refractivity contribution in [3.05, 3.63) is 57.6 Å². The number of carbonyl (C=O) groups is 1. The number of hydrogen-bond acceptors (Lipinski definition) is 4. The van der Waals surface area contributed by atoms with Gasteiger partial charge in [-0.2, -0.15) is 0 Å². The number of benzene rings is 2. The average molecular weight is 461 g/mol. The smallest absolute Gasteiger partial charge is 0.224 e. The van der Waals surface area contributed by atoms with Gasteiger partial charge in [-0.15, -0.1) is 0 Å². The second-order valence-electron chi connectivity index (χ2n) is 7.36. The van der Waals surface area contributed by atoms with Gasteiger partial charge in [0, 0.05) is 17.6 Å². The van der Waals surface area contributed by atoms with Gasteiger partial charge in [0.25, 0.3) is 0 Å². The molecule has 5 nitrogen and oxygen atoms in total. The lowest BCUT2D eigenvalue weighted by Crippen LogP contribution is -2.30. The molecule has 156 valence electrons. The number of nitrogens with one attached hydrogen (secondary N) is 1. The van der Waals surface area contributed by atoms with Crippen LogP contribution in [0, 0.1) is 0 Å². The second kappa shape index (κ2) is 10.6. The lowest BCUT2D eigenvalue weighted by atomic mass is 10.0. The van der Waals surface area contributed by atoms with Crippen molar-refractivity contribution in [2.45, 2.75) is 38.8 Å². The minimum Gasteiger partial charge on any atom is -0.493 e. The number of ether oxygens (including phenoxy) is 2. The van der Waals surface area contributed by atoms with Crippen LogP contribution in [0.2, 0.25) is 0 Å². The summed E-state index contributed by atoms with van der Waals surface area (Å²) in [6.07, 6.45) is 4.16. The fourth-order valence-corrected chi connectivity index (χ4v) is 4.17. The molecule has 6 heteroatoms. The van der Waals surface area contributed by atoms with Crippen molar-refractivity contribution in [3.63, 3.8) is 0 Å². The molecule has 0 saturated carbocycles. The van der Waals surface area contributed by atoms with Crippen LogP contribution in [0.4, 0.5) is 0 Å². The molecule has 1 fully saturated rings. The van der Waals surface area contributed by atoms with E-state index in [0.717, 1.165) is 29.7 Å². The van der Waals surface area contributed by atoms with Crippen LogP contribution in [0.3, 0.4) is 0 Å². The van der Waals surface area contributed by atoms with Crippen LogP contribution in [-0.4, -0.2) is 38.1 Å². The van der Waals surface area contributed by atoms with E-state index in [-0.39, 0.29) is 12.3 Å². The molecule has 1 N–H and O–H groups in total. The molecule has 1 heterocycles. The highest BCUT2D eigenvalue weighted by atomic mass is 79.9. The summed E-state index contributed by atoms with van der Waals surface area (Å²) in [5, 5.41) is 3.07. The maximum atomic E-state index is 12.6. The Kier molecular flexibility index (Phi) is 7.95. The van der Waals surface area contributed by atoms with Crippen molar-refractivity contribution < 1.29 is 14.3 Å². The predicted octanol–water partition coefficient (Wildman–Crippen LogP) is 4.31. The van der Waals surface area contributed by atoms with Gasteiger partial charge in [-0.3, -0.25) is 9.69 Å². The molecule has 0 atom stereocenters. The van der Waals surface area contributed by atoms with Gasteiger partial charge in [0.05, 0.1) is 20.6 Å². The third-order valence-electron chi connectivity index (χ3n) is 5.34. The fourth-order valence-electron chi connectivity index (χ4n) is 3.70. The van der Waals surface area contributed by atoms with Crippen molar-refractivity contribution >= 4 is 21.8 Å². The van der Waals surface area contributed by atoms with Crippen LogP contribution in [0.1, 0.15) is 36.0 Å². The Morgan fingerprint density at radius 1 is 1.00 bits per heavy atom. The van der Waals surface area contributed by atoms with Crippen LogP contribution in [0.5, 0.6) is 11.5 Å². The molecule has 1 aliphatic heterocycles. The molecule has 0 aromatic heterocycles. The number of piperidine rings is 1. The van der Waals surface area contributed by atoms with E-state index in [2.05, 4.69) is 44.3 Å². The molecule has 0 unspecified atom stereocenters. The summed E-state index contributed by atoms with van der Waals surface area (Å²) in [5.74, 6) is 1.23. The lowest BCUT2D eigenvalue weighted by Gasteiger charge is -2.27. The van der Waals surface area contributed by atoms with E-state index in [4.69, 9.17) is 9.47 Å². The summed E-state index contributed by atoms with van der Waals surface area (Å²) < 4.78 is 11.5. The number of methoxy groups -OCH3 is 2. The highest BCUT2D eigenvalue weighted by molar-refractivity contribution is 9.10. The molecule has 2 aromatic carbocycles. The van der Waals surface area contributed by atoms with Gasteiger partial charge in [0.1, 0.15) is 0 Å². The maximum Gasteiger partial charge on any atom is 0.224 e. The van der Waals surface area contributed by atoms with Gasteiger partial charge in [-0.1, -0.05) is 46.6 Å². The summed E-state index contributed by atoms with van der Waals surface area (Å²) in [4.78, 5) is 15.1. The number of amides is 1. The Bertz CT molecular complexity index is 835. The predicted molar refractivity (Wildman–Crippen MR) is 118 cm³/mol. The fraction of sp³-hybridized carbons (Fsp3) is 0.435. The number of halogens is 1. The van der Waals surface area contributed by atoms with E-state index in [0.29, 0.717) is 18.0 Å². The topological polar surface area (TPSA) is 50.8 Å². The third-order valence-corrected chi connectivity index (χ3v) is 6.08. The van der Waals surface area contributed by atoms with Gasteiger partial charge in [-0.25, -0.2) is 0 Å². The maximum absolute atomic E-state index is 12.6.